The molecule has 2 heterocycles. The summed E-state index contributed by atoms with van der Waals surface area (Å²) in [5.41, 5.74) is 7.05. The Morgan fingerprint density at radius 3 is 2.15 bits per heavy atom. The Balaban J connectivity index is 1.23. The minimum Gasteiger partial charge on any atom is -0.461 e. The molecule has 7 nitrogen and oxygen atoms in total. The predicted molar refractivity (Wildman–Crippen MR) is 157 cm³/mol. The Labute approximate surface area is 242 Å². The SMILES string of the molecule is C[C@@H]1CN(C(=O)c2ccc(C3(C4CCCCCCCC4)Nc4ccc(F)cc4O3)cc2)C[C@H](C)N1C(=O)C1(N)CC1. The van der Waals surface area contributed by atoms with Gasteiger partial charge in [0.2, 0.25) is 11.6 Å². The van der Waals surface area contributed by atoms with Crippen LogP contribution in [-0.2, 0) is 10.5 Å². The molecule has 2 aliphatic carbocycles. The lowest BCUT2D eigenvalue weighted by Gasteiger charge is -2.45. The lowest BCUT2D eigenvalue weighted by Crippen LogP contribution is -2.63. The summed E-state index contributed by atoms with van der Waals surface area (Å²) in [6.07, 6.45) is 10.7. The summed E-state index contributed by atoms with van der Waals surface area (Å²) in [4.78, 5) is 30.4. The molecule has 2 aromatic carbocycles. The second kappa shape index (κ2) is 10.9. The highest BCUT2D eigenvalue weighted by Crippen LogP contribution is 2.49. The lowest BCUT2D eigenvalue weighted by atomic mass is 9.81. The van der Waals surface area contributed by atoms with Crippen molar-refractivity contribution < 1.29 is 18.7 Å². The number of benzene rings is 2. The average molecular weight is 563 g/mol. The fraction of sp³-hybridized carbons (Fsp3) is 0.576. The van der Waals surface area contributed by atoms with Crippen molar-refractivity contribution in [1.29, 1.82) is 0 Å². The molecule has 1 saturated heterocycles. The minimum absolute atomic E-state index is 0.00844. The first-order valence-electron chi connectivity index (χ1n) is 15.5. The van der Waals surface area contributed by atoms with Crippen LogP contribution < -0.4 is 15.8 Å². The maximum absolute atomic E-state index is 14.2. The van der Waals surface area contributed by atoms with Crippen LogP contribution in [0.25, 0.3) is 0 Å². The zero-order chi connectivity index (χ0) is 28.8. The number of nitrogens with one attached hydrogen (secondary N) is 1. The number of fused-ring (bicyclic) bond motifs is 1. The number of carbonyl (C=O) groups excluding carboxylic acids is 2. The Kier molecular flexibility index (Phi) is 7.47. The van der Waals surface area contributed by atoms with Crippen molar-refractivity contribution in [1.82, 2.24) is 9.80 Å². The summed E-state index contributed by atoms with van der Waals surface area (Å²) < 4.78 is 20.8. The van der Waals surface area contributed by atoms with Crippen LogP contribution in [0, 0.1) is 11.7 Å². The minimum atomic E-state index is -0.807. The fourth-order valence-electron chi connectivity index (χ4n) is 7.21. The number of carbonyl (C=O) groups is 2. The van der Waals surface area contributed by atoms with Crippen molar-refractivity contribution in [2.24, 2.45) is 11.7 Å². The molecular formula is C33H43FN4O3. The molecule has 8 heteroatoms. The number of nitrogens with zero attached hydrogens (tertiary/aromatic N) is 2. The van der Waals surface area contributed by atoms with E-state index in [0.717, 1.165) is 49.8 Å². The van der Waals surface area contributed by atoms with E-state index in [0.29, 0.717) is 24.4 Å². The van der Waals surface area contributed by atoms with Gasteiger partial charge < -0.3 is 25.6 Å². The number of rotatable bonds is 4. The quantitative estimate of drug-likeness (QED) is 0.493. The number of hydrogen-bond acceptors (Lipinski definition) is 5. The number of anilines is 1. The van der Waals surface area contributed by atoms with Crippen molar-refractivity contribution in [3.63, 3.8) is 0 Å². The highest BCUT2D eigenvalue weighted by Gasteiger charge is 2.51. The van der Waals surface area contributed by atoms with Crippen LogP contribution in [0.1, 0.15) is 94.0 Å². The van der Waals surface area contributed by atoms with Crippen molar-refractivity contribution in [2.45, 2.75) is 101 Å². The molecule has 3 fully saturated rings. The molecule has 0 aromatic heterocycles. The third-order valence-corrected chi connectivity index (χ3v) is 9.68. The number of piperazine rings is 1. The second-order valence-electron chi connectivity index (χ2n) is 12.9. The van der Waals surface area contributed by atoms with Gasteiger partial charge in [-0.2, -0.15) is 0 Å². The third-order valence-electron chi connectivity index (χ3n) is 9.68. The molecule has 2 aliphatic heterocycles. The van der Waals surface area contributed by atoms with Gasteiger partial charge in [0.1, 0.15) is 11.6 Å². The second-order valence-corrected chi connectivity index (χ2v) is 12.9. The molecule has 3 atom stereocenters. The summed E-state index contributed by atoms with van der Waals surface area (Å²) in [6, 6.07) is 12.2. The van der Waals surface area contributed by atoms with E-state index >= 15 is 0 Å². The molecule has 0 bridgehead atoms. The van der Waals surface area contributed by atoms with Crippen LogP contribution in [0.15, 0.2) is 42.5 Å². The van der Waals surface area contributed by atoms with E-state index in [1.54, 1.807) is 6.07 Å². The molecule has 41 heavy (non-hydrogen) atoms. The van der Waals surface area contributed by atoms with Gasteiger partial charge in [0.25, 0.3) is 5.91 Å². The van der Waals surface area contributed by atoms with Gasteiger partial charge in [-0.3, -0.25) is 9.59 Å². The van der Waals surface area contributed by atoms with E-state index in [1.165, 1.54) is 37.8 Å². The monoisotopic (exact) mass is 562 g/mol. The number of amides is 2. The van der Waals surface area contributed by atoms with E-state index in [4.69, 9.17) is 10.5 Å². The highest BCUT2D eigenvalue weighted by molar-refractivity contribution is 5.95. The van der Waals surface area contributed by atoms with Crippen molar-refractivity contribution in [2.75, 3.05) is 18.4 Å². The highest BCUT2D eigenvalue weighted by atomic mass is 19.1. The van der Waals surface area contributed by atoms with Crippen LogP contribution in [0.3, 0.4) is 0 Å². The molecule has 6 rings (SSSR count). The number of ether oxygens (including phenoxy) is 1. The van der Waals surface area contributed by atoms with Crippen LogP contribution in [0.2, 0.25) is 0 Å². The van der Waals surface area contributed by atoms with Gasteiger partial charge in [-0.15, -0.1) is 0 Å². The molecule has 2 aromatic rings. The summed E-state index contributed by atoms with van der Waals surface area (Å²) in [5, 5.41) is 3.65. The van der Waals surface area contributed by atoms with Crippen LogP contribution in [0.4, 0.5) is 10.1 Å². The summed E-state index contributed by atoms with van der Waals surface area (Å²) >= 11 is 0. The predicted octanol–water partition coefficient (Wildman–Crippen LogP) is 5.79. The van der Waals surface area contributed by atoms with Gasteiger partial charge in [-0.05, 0) is 63.8 Å². The molecule has 2 amide bonds. The first-order valence-corrected chi connectivity index (χ1v) is 15.5. The van der Waals surface area contributed by atoms with E-state index in [9.17, 15) is 14.0 Å². The molecule has 0 spiro atoms. The smallest absolute Gasteiger partial charge is 0.253 e. The lowest BCUT2D eigenvalue weighted by molar-refractivity contribution is -0.140. The zero-order valence-corrected chi connectivity index (χ0v) is 24.3. The van der Waals surface area contributed by atoms with Crippen molar-refractivity contribution >= 4 is 17.5 Å². The van der Waals surface area contributed by atoms with Crippen LogP contribution in [-0.4, -0.2) is 52.3 Å². The van der Waals surface area contributed by atoms with Gasteiger partial charge in [-0.25, -0.2) is 4.39 Å². The summed E-state index contributed by atoms with van der Waals surface area (Å²) in [7, 11) is 0. The van der Waals surface area contributed by atoms with Crippen LogP contribution >= 0.6 is 0 Å². The summed E-state index contributed by atoms with van der Waals surface area (Å²) in [6.45, 7) is 4.94. The van der Waals surface area contributed by atoms with Crippen molar-refractivity contribution in [3.8, 4) is 5.75 Å². The Morgan fingerprint density at radius 1 is 0.927 bits per heavy atom. The number of halogens is 1. The van der Waals surface area contributed by atoms with Gasteiger partial charge >= 0.3 is 0 Å². The van der Waals surface area contributed by atoms with E-state index in [2.05, 4.69) is 5.32 Å². The molecule has 3 N–H and O–H groups in total. The fourth-order valence-corrected chi connectivity index (χ4v) is 7.21. The maximum Gasteiger partial charge on any atom is 0.253 e. The van der Waals surface area contributed by atoms with Gasteiger partial charge in [0.05, 0.1) is 11.2 Å². The van der Waals surface area contributed by atoms with Gasteiger partial charge in [-0.1, -0.05) is 50.7 Å². The molecule has 0 radical (unpaired) electrons. The summed E-state index contributed by atoms with van der Waals surface area (Å²) in [5.74, 6) is 0.390. The normalized spacial score (nSPS) is 28.0. The molecular weight excluding hydrogens is 519 g/mol. The third kappa shape index (κ3) is 5.31. The standard InChI is InChI=1S/C33H43FN4O3/c1-22-20-37(21-23(2)38(22)31(40)32(35)17-18-32)30(39)24-11-13-26(14-12-24)33(25-9-7-5-3-4-6-8-10-25)36-28-16-15-27(34)19-29(28)41-33/h11-16,19,22-23,25,36H,3-10,17-18,20-21,35H2,1-2H3/t22-,23+,33?. The maximum atomic E-state index is 14.2. The average Bonchev–Trinajstić information content (AvgIpc) is 3.55. The number of nitrogens with two attached hydrogens (primary N) is 1. The molecule has 1 unspecified atom stereocenters. The topological polar surface area (TPSA) is 87.9 Å². The molecule has 2 saturated carbocycles. The Hall–Kier alpha value is -3.13. The van der Waals surface area contributed by atoms with E-state index < -0.39 is 11.3 Å². The number of hydrogen-bond donors (Lipinski definition) is 2. The van der Waals surface area contributed by atoms with Crippen LogP contribution in [0.5, 0.6) is 5.75 Å². The van der Waals surface area contributed by atoms with Gasteiger partial charge in [0.15, 0.2) is 0 Å². The molecule has 4 aliphatic rings. The molecule has 220 valence electrons. The van der Waals surface area contributed by atoms with Gasteiger partial charge in [0, 0.05) is 48.3 Å². The first-order chi connectivity index (χ1) is 19.7. The van der Waals surface area contributed by atoms with E-state index in [1.807, 2.05) is 47.9 Å². The van der Waals surface area contributed by atoms with E-state index in [-0.39, 0.29) is 35.6 Å². The first kappa shape index (κ1) is 28.0. The largest absolute Gasteiger partial charge is 0.461 e. The van der Waals surface area contributed by atoms with Crippen molar-refractivity contribution in [3.05, 3.63) is 59.4 Å². The zero-order valence-electron chi connectivity index (χ0n) is 24.3. The Bertz CT molecular complexity index is 1270. The Morgan fingerprint density at radius 2 is 1.54 bits per heavy atom.